The summed E-state index contributed by atoms with van der Waals surface area (Å²) >= 11 is 0. The lowest BCUT2D eigenvalue weighted by Gasteiger charge is -2.06. The molecule has 2 aromatic heterocycles. The number of nitrogens with one attached hydrogen (secondary N) is 2. The van der Waals surface area contributed by atoms with Gasteiger partial charge < -0.3 is 14.7 Å². The number of nitrogens with zero attached hydrogens (tertiary/aromatic N) is 1. The van der Waals surface area contributed by atoms with Crippen molar-refractivity contribution in [2.75, 3.05) is 7.11 Å². The quantitative estimate of drug-likeness (QED) is 0.287. The summed E-state index contributed by atoms with van der Waals surface area (Å²) in [7, 11) is 1.52. The van der Waals surface area contributed by atoms with Gasteiger partial charge in [-0.2, -0.15) is 0 Å². The topological polar surface area (TPSA) is 53.2 Å². The largest absolute Gasteiger partial charge is 0.494 e. The van der Waals surface area contributed by atoms with Crippen LogP contribution in [0.1, 0.15) is 33.8 Å². The number of methoxy groups -OCH3 is 1. The van der Waals surface area contributed by atoms with Crippen LogP contribution in [0.3, 0.4) is 0 Å². The van der Waals surface area contributed by atoms with Gasteiger partial charge in [0.15, 0.2) is 0 Å². The monoisotopic (exact) mass is 491 g/mol. The first-order valence-electron chi connectivity index (χ1n) is 11.2. The van der Waals surface area contributed by atoms with Gasteiger partial charge in [0.2, 0.25) is 0 Å². The molecule has 2 aromatic carbocycles. The Morgan fingerprint density at radius 3 is 2.08 bits per heavy atom. The summed E-state index contributed by atoms with van der Waals surface area (Å²) in [5.41, 5.74) is 3.25. The molecule has 4 nitrogen and oxygen atoms in total. The normalized spacial score (nSPS) is 14.3. The number of aliphatic imine (C=N–C) groups is 1. The molecule has 1 aliphatic heterocycles. The lowest BCUT2D eigenvalue weighted by atomic mass is 10.0. The summed E-state index contributed by atoms with van der Waals surface area (Å²) in [6.07, 6.45) is 5.10. The highest BCUT2D eigenvalue weighted by Crippen LogP contribution is 2.29. The van der Waals surface area contributed by atoms with Gasteiger partial charge in [0.25, 0.3) is 0 Å². The van der Waals surface area contributed by atoms with E-state index in [0.717, 1.165) is 5.69 Å². The number of allylic oxidation sites excluding steroid dienone is 1. The Balaban J connectivity index is 1.58. The lowest BCUT2D eigenvalue weighted by Crippen LogP contribution is -1.98. The molecule has 8 heteroatoms. The molecule has 0 bridgehead atoms. The minimum absolute atomic E-state index is 0.0710. The van der Waals surface area contributed by atoms with Gasteiger partial charge >= 0.3 is 0 Å². The minimum atomic E-state index is -0.679. The van der Waals surface area contributed by atoms with Crippen molar-refractivity contribution in [3.63, 3.8) is 0 Å². The van der Waals surface area contributed by atoms with Crippen molar-refractivity contribution >= 4 is 11.8 Å². The molecule has 4 aromatic rings. The summed E-state index contributed by atoms with van der Waals surface area (Å²) in [5.74, 6) is -2.21. The van der Waals surface area contributed by atoms with E-state index in [1.165, 1.54) is 43.5 Å². The molecule has 1 aliphatic rings. The molecule has 0 radical (unpaired) electrons. The second-order valence-electron chi connectivity index (χ2n) is 8.31. The van der Waals surface area contributed by atoms with Crippen molar-refractivity contribution in [3.05, 3.63) is 135 Å². The summed E-state index contributed by atoms with van der Waals surface area (Å²) in [6, 6.07) is 12.7. The van der Waals surface area contributed by atoms with Crippen LogP contribution < -0.4 is 0 Å². The number of hydrogen-bond acceptors (Lipinski definition) is 2. The summed E-state index contributed by atoms with van der Waals surface area (Å²) < 4.78 is 62.9. The highest BCUT2D eigenvalue weighted by atomic mass is 19.1. The molecule has 0 saturated carbocycles. The third-order valence-corrected chi connectivity index (χ3v) is 5.98. The average molecular weight is 491 g/mol. The van der Waals surface area contributed by atoms with Crippen molar-refractivity contribution in [2.24, 2.45) is 4.99 Å². The van der Waals surface area contributed by atoms with Gasteiger partial charge in [-0.25, -0.2) is 22.6 Å². The third-order valence-electron chi connectivity index (χ3n) is 5.98. The SMILES string of the molecule is COC1=CC(c2ccc[nH]2)=N/C1=C\c1[nH]c(Cc2c(F)cccc2F)cc1Cc1c(F)cccc1F. The Hall–Kier alpha value is -4.33. The van der Waals surface area contributed by atoms with Crippen molar-refractivity contribution in [1.29, 1.82) is 0 Å². The van der Waals surface area contributed by atoms with E-state index >= 15 is 0 Å². The average Bonchev–Trinajstić information content (AvgIpc) is 3.59. The van der Waals surface area contributed by atoms with E-state index in [1.807, 2.05) is 12.1 Å². The lowest BCUT2D eigenvalue weighted by molar-refractivity contribution is 0.303. The van der Waals surface area contributed by atoms with Crippen LogP contribution in [0, 0.1) is 23.3 Å². The van der Waals surface area contributed by atoms with E-state index in [0.29, 0.717) is 34.1 Å². The number of benzene rings is 2. The van der Waals surface area contributed by atoms with E-state index in [1.54, 1.807) is 24.4 Å². The smallest absolute Gasteiger partial charge is 0.146 e. The maximum absolute atomic E-state index is 14.4. The molecular weight excluding hydrogens is 470 g/mol. The first-order valence-corrected chi connectivity index (χ1v) is 11.2. The fraction of sp³-hybridized carbons (Fsp3) is 0.107. The van der Waals surface area contributed by atoms with Gasteiger partial charge in [-0.3, -0.25) is 0 Å². The molecule has 0 spiro atoms. The van der Waals surface area contributed by atoms with Crippen molar-refractivity contribution in [2.45, 2.75) is 12.8 Å². The van der Waals surface area contributed by atoms with Crippen molar-refractivity contribution in [1.82, 2.24) is 9.97 Å². The van der Waals surface area contributed by atoms with Crippen LogP contribution in [0.2, 0.25) is 0 Å². The predicted octanol–water partition coefficient (Wildman–Crippen LogP) is 6.45. The zero-order valence-corrected chi connectivity index (χ0v) is 19.2. The molecule has 36 heavy (non-hydrogen) atoms. The van der Waals surface area contributed by atoms with Crippen molar-refractivity contribution < 1.29 is 22.3 Å². The Kier molecular flexibility index (Phi) is 6.33. The number of H-pyrrole nitrogens is 2. The predicted molar refractivity (Wildman–Crippen MR) is 130 cm³/mol. The number of rotatable bonds is 7. The van der Waals surface area contributed by atoms with E-state index in [9.17, 15) is 17.6 Å². The van der Waals surface area contributed by atoms with Crippen molar-refractivity contribution in [3.8, 4) is 0 Å². The van der Waals surface area contributed by atoms with E-state index in [-0.39, 0.29) is 24.0 Å². The Morgan fingerprint density at radius 1 is 0.861 bits per heavy atom. The van der Waals surface area contributed by atoms with E-state index in [4.69, 9.17) is 4.74 Å². The standard InChI is InChI=1S/C28H21F4N3O/c1-36-28-15-26(24-9-4-10-33-24)35-27(28)14-25-16(12-18-20(29)5-2-6-21(18)30)11-17(34-25)13-19-22(31)7-3-8-23(19)32/h2-11,14-15,33-34H,12-13H2,1H3/b27-14-. The summed E-state index contributed by atoms with van der Waals surface area (Å²) in [6.45, 7) is 0. The van der Waals surface area contributed by atoms with Gasteiger partial charge in [-0.1, -0.05) is 12.1 Å². The van der Waals surface area contributed by atoms with Gasteiger partial charge in [0.1, 0.15) is 34.7 Å². The molecule has 0 atom stereocenters. The molecule has 0 aliphatic carbocycles. The van der Waals surface area contributed by atoms with Crippen LogP contribution in [0.5, 0.6) is 0 Å². The highest BCUT2D eigenvalue weighted by molar-refractivity contribution is 6.11. The second-order valence-corrected chi connectivity index (χ2v) is 8.31. The zero-order chi connectivity index (χ0) is 25.2. The van der Waals surface area contributed by atoms with Crippen LogP contribution in [-0.4, -0.2) is 22.8 Å². The van der Waals surface area contributed by atoms with Crippen LogP contribution in [-0.2, 0) is 17.6 Å². The Labute approximate surface area is 204 Å². The number of aromatic amines is 2. The maximum Gasteiger partial charge on any atom is 0.146 e. The van der Waals surface area contributed by atoms with Crippen LogP contribution in [0.4, 0.5) is 17.6 Å². The van der Waals surface area contributed by atoms with Gasteiger partial charge in [0.05, 0.1) is 18.5 Å². The summed E-state index contributed by atoms with van der Waals surface area (Å²) in [4.78, 5) is 10.9. The van der Waals surface area contributed by atoms with E-state index < -0.39 is 23.3 Å². The number of halogens is 4. The molecule has 0 amide bonds. The molecule has 0 unspecified atom stereocenters. The molecule has 182 valence electrons. The zero-order valence-electron chi connectivity index (χ0n) is 19.2. The molecule has 5 rings (SSSR count). The molecule has 3 heterocycles. The van der Waals surface area contributed by atoms with Crippen LogP contribution in [0.25, 0.3) is 6.08 Å². The first-order chi connectivity index (χ1) is 17.4. The van der Waals surface area contributed by atoms with Crippen LogP contribution in [0.15, 0.2) is 83.3 Å². The van der Waals surface area contributed by atoms with Gasteiger partial charge in [-0.05, 0) is 54.1 Å². The molecule has 2 N–H and O–H groups in total. The van der Waals surface area contributed by atoms with Gasteiger partial charge in [-0.15, -0.1) is 0 Å². The fourth-order valence-electron chi connectivity index (χ4n) is 4.18. The fourth-order valence-corrected chi connectivity index (χ4v) is 4.18. The first kappa shape index (κ1) is 23.4. The molecule has 0 fully saturated rings. The third kappa shape index (κ3) is 4.62. The molecule has 0 saturated heterocycles. The number of hydrogen-bond donors (Lipinski definition) is 2. The van der Waals surface area contributed by atoms with Gasteiger partial charge in [0, 0.05) is 47.6 Å². The second kappa shape index (κ2) is 9.73. The number of ether oxygens (including phenoxy) is 1. The summed E-state index contributed by atoms with van der Waals surface area (Å²) in [5, 5.41) is 0. The van der Waals surface area contributed by atoms with E-state index in [2.05, 4.69) is 15.0 Å². The van der Waals surface area contributed by atoms with Crippen LogP contribution >= 0.6 is 0 Å². The minimum Gasteiger partial charge on any atom is -0.494 e. The maximum atomic E-state index is 14.4. The Bertz CT molecular complexity index is 1470. The highest BCUT2D eigenvalue weighted by Gasteiger charge is 2.20. The Morgan fingerprint density at radius 2 is 1.50 bits per heavy atom. The molecular formula is C28H21F4N3O. The number of aromatic nitrogens is 2.